The Bertz CT molecular complexity index is 533. The van der Waals surface area contributed by atoms with E-state index in [1.807, 2.05) is 6.92 Å². The summed E-state index contributed by atoms with van der Waals surface area (Å²) in [5.74, 6) is 1.90. The van der Waals surface area contributed by atoms with Crippen LogP contribution in [0.15, 0.2) is 28.7 Å². The Balaban J connectivity index is 1.98. The average molecular weight is 282 g/mol. The number of aromatic nitrogens is 2. The molecule has 0 aliphatic rings. The fourth-order valence-corrected chi connectivity index (χ4v) is 2.37. The average Bonchev–Trinajstić information content (AvgIpc) is 2.87. The lowest BCUT2D eigenvalue weighted by atomic mass is 10.2. The Kier molecular flexibility index (Phi) is 4.93. The van der Waals surface area contributed by atoms with Crippen LogP contribution in [0, 0.1) is 11.7 Å². The maximum Gasteiger partial charge on any atom is 0.250 e. The lowest BCUT2D eigenvalue weighted by molar-refractivity contribution is 0.250. The monoisotopic (exact) mass is 282 g/mol. The summed E-state index contributed by atoms with van der Waals surface area (Å²) in [7, 11) is 0. The number of rotatable bonds is 6. The van der Waals surface area contributed by atoms with E-state index in [1.54, 1.807) is 30.0 Å². The molecule has 1 aromatic carbocycles. The molecule has 19 heavy (non-hydrogen) atoms. The van der Waals surface area contributed by atoms with Crippen molar-refractivity contribution in [1.82, 2.24) is 10.2 Å². The molecule has 4 nitrogen and oxygen atoms in total. The summed E-state index contributed by atoms with van der Waals surface area (Å²) in [6.45, 7) is 2.13. The molecule has 0 unspecified atom stereocenters. The number of benzene rings is 1. The molecule has 0 saturated heterocycles. The van der Waals surface area contributed by atoms with Gasteiger partial charge >= 0.3 is 0 Å². The molecule has 1 N–H and O–H groups in total. The topological polar surface area (TPSA) is 59.2 Å². The van der Waals surface area contributed by atoms with E-state index in [-0.39, 0.29) is 24.2 Å². The third-order valence-corrected chi connectivity index (χ3v) is 3.77. The van der Waals surface area contributed by atoms with Gasteiger partial charge in [-0.25, -0.2) is 4.39 Å². The molecule has 6 heteroatoms. The third kappa shape index (κ3) is 3.78. The third-order valence-electron chi connectivity index (χ3n) is 2.51. The van der Waals surface area contributed by atoms with E-state index in [4.69, 9.17) is 9.52 Å². The van der Waals surface area contributed by atoms with Crippen LogP contribution in [0.3, 0.4) is 0 Å². The van der Waals surface area contributed by atoms with Gasteiger partial charge in [-0.05, 0) is 23.8 Å². The van der Waals surface area contributed by atoms with Crippen molar-refractivity contribution in [3.05, 3.63) is 36.0 Å². The lowest BCUT2D eigenvalue weighted by Crippen LogP contribution is -2.03. The summed E-state index contributed by atoms with van der Waals surface area (Å²) in [6, 6.07) is 6.30. The number of nitrogens with zero attached hydrogens (tertiary/aromatic N) is 2. The number of halogens is 1. The van der Waals surface area contributed by atoms with Gasteiger partial charge in [0.2, 0.25) is 5.89 Å². The molecule has 1 aromatic heterocycles. The molecule has 0 radical (unpaired) electrons. The first kappa shape index (κ1) is 14.0. The van der Waals surface area contributed by atoms with Crippen LogP contribution in [-0.2, 0) is 5.75 Å². The van der Waals surface area contributed by atoms with Crippen LogP contribution in [0.1, 0.15) is 12.8 Å². The summed E-state index contributed by atoms with van der Waals surface area (Å²) in [4.78, 5) is 0. The predicted octanol–water partition coefficient (Wildman–Crippen LogP) is 2.74. The first-order chi connectivity index (χ1) is 9.20. The van der Waals surface area contributed by atoms with E-state index < -0.39 is 0 Å². The van der Waals surface area contributed by atoms with Gasteiger partial charge in [0.05, 0.1) is 11.3 Å². The van der Waals surface area contributed by atoms with Gasteiger partial charge in [0.25, 0.3) is 5.89 Å². The van der Waals surface area contributed by atoms with Gasteiger partial charge in [0.1, 0.15) is 5.82 Å². The van der Waals surface area contributed by atoms with Gasteiger partial charge in [0, 0.05) is 6.61 Å². The number of aliphatic hydroxyl groups is 1. The number of thioether (sulfide) groups is 1. The van der Waals surface area contributed by atoms with Crippen molar-refractivity contribution in [3.63, 3.8) is 0 Å². The molecule has 0 amide bonds. The highest BCUT2D eigenvalue weighted by atomic mass is 32.2. The SMILES string of the molecule is C[C@H](CO)CSCc1nnc(-c2ccccc2F)o1. The molecule has 0 saturated carbocycles. The molecule has 2 aromatic rings. The minimum absolute atomic E-state index is 0.164. The fourth-order valence-electron chi connectivity index (χ4n) is 1.46. The summed E-state index contributed by atoms with van der Waals surface area (Å²) in [5, 5.41) is 16.6. The molecule has 2 rings (SSSR count). The lowest BCUT2D eigenvalue weighted by Gasteiger charge is -2.04. The summed E-state index contributed by atoms with van der Waals surface area (Å²) in [5.41, 5.74) is 0.315. The van der Waals surface area contributed by atoms with E-state index in [0.717, 1.165) is 5.75 Å². The smallest absolute Gasteiger partial charge is 0.250 e. The highest BCUT2D eigenvalue weighted by molar-refractivity contribution is 7.98. The molecular weight excluding hydrogens is 267 g/mol. The van der Waals surface area contributed by atoms with Crippen LogP contribution in [0.5, 0.6) is 0 Å². The second-order valence-electron chi connectivity index (χ2n) is 4.28. The van der Waals surface area contributed by atoms with Crippen molar-refractivity contribution in [1.29, 1.82) is 0 Å². The van der Waals surface area contributed by atoms with Crippen LogP contribution in [0.4, 0.5) is 4.39 Å². The van der Waals surface area contributed by atoms with Crippen molar-refractivity contribution in [2.75, 3.05) is 12.4 Å². The molecule has 1 heterocycles. The molecule has 1 atom stereocenters. The zero-order chi connectivity index (χ0) is 13.7. The van der Waals surface area contributed by atoms with Gasteiger partial charge in [-0.15, -0.1) is 10.2 Å². The van der Waals surface area contributed by atoms with Crippen LogP contribution >= 0.6 is 11.8 Å². The summed E-state index contributed by atoms with van der Waals surface area (Å²) in [6.07, 6.45) is 0. The minimum atomic E-state index is -0.376. The Labute approximate surface area is 115 Å². The second kappa shape index (κ2) is 6.68. The Morgan fingerprint density at radius 2 is 2.16 bits per heavy atom. The van der Waals surface area contributed by atoms with Crippen molar-refractivity contribution >= 4 is 11.8 Å². The Morgan fingerprint density at radius 3 is 2.89 bits per heavy atom. The first-order valence-corrected chi connectivity index (χ1v) is 7.12. The number of hydrogen-bond donors (Lipinski definition) is 1. The number of aliphatic hydroxyl groups excluding tert-OH is 1. The predicted molar refractivity (Wildman–Crippen MR) is 72.1 cm³/mol. The van der Waals surface area contributed by atoms with E-state index in [2.05, 4.69) is 10.2 Å². The first-order valence-electron chi connectivity index (χ1n) is 5.96. The molecule has 0 aliphatic carbocycles. The molecule has 0 bridgehead atoms. The largest absolute Gasteiger partial charge is 0.420 e. The maximum absolute atomic E-state index is 13.5. The van der Waals surface area contributed by atoms with Crippen molar-refractivity contribution in [3.8, 4) is 11.5 Å². The van der Waals surface area contributed by atoms with Crippen molar-refractivity contribution < 1.29 is 13.9 Å². The Morgan fingerprint density at radius 1 is 1.37 bits per heavy atom. The minimum Gasteiger partial charge on any atom is -0.420 e. The van der Waals surface area contributed by atoms with Crippen molar-refractivity contribution in [2.24, 2.45) is 5.92 Å². The molecular formula is C13H15FN2O2S. The standard InChI is InChI=1S/C13H15FN2O2S/c1-9(6-17)7-19-8-12-15-16-13(18-12)10-4-2-3-5-11(10)14/h2-5,9,17H,6-8H2,1H3/t9-/m1/s1. The van der Waals surface area contributed by atoms with Crippen LogP contribution in [-0.4, -0.2) is 27.7 Å². The highest BCUT2D eigenvalue weighted by Crippen LogP contribution is 2.22. The molecule has 0 spiro atoms. The van der Waals surface area contributed by atoms with E-state index in [1.165, 1.54) is 6.07 Å². The molecule has 102 valence electrons. The van der Waals surface area contributed by atoms with E-state index >= 15 is 0 Å². The zero-order valence-corrected chi connectivity index (χ0v) is 11.4. The fraction of sp³-hybridized carbons (Fsp3) is 0.385. The van der Waals surface area contributed by atoms with E-state index in [0.29, 0.717) is 17.2 Å². The zero-order valence-electron chi connectivity index (χ0n) is 10.5. The normalized spacial score (nSPS) is 12.6. The summed E-state index contributed by atoms with van der Waals surface area (Å²) < 4.78 is 18.9. The van der Waals surface area contributed by atoms with Crippen molar-refractivity contribution in [2.45, 2.75) is 12.7 Å². The quantitative estimate of drug-likeness (QED) is 0.882. The van der Waals surface area contributed by atoms with Gasteiger partial charge in [0.15, 0.2) is 0 Å². The van der Waals surface area contributed by atoms with Gasteiger partial charge in [-0.2, -0.15) is 11.8 Å². The van der Waals surface area contributed by atoms with Crippen LogP contribution in [0.2, 0.25) is 0 Å². The second-order valence-corrected chi connectivity index (χ2v) is 5.31. The Hall–Kier alpha value is -1.40. The van der Waals surface area contributed by atoms with Gasteiger partial charge in [-0.3, -0.25) is 0 Å². The number of hydrogen-bond acceptors (Lipinski definition) is 5. The maximum atomic E-state index is 13.5. The van der Waals surface area contributed by atoms with Crippen LogP contribution < -0.4 is 0 Å². The summed E-state index contributed by atoms with van der Waals surface area (Å²) >= 11 is 1.60. The van der Waals surface area contributed by atoms with E-state index in [9.17, 15) is 4.39 Å². The molecule has 0 fully saturated rings. The van der Waals surface area contributed by atoms with Gasteiger partial charge in [-0.1, -0.05) is 19.1 Å². The molecule has 0 aliphatic heterocycles. The highest BCUT2D eigenvalue weighted by Gasteiger charge is 2.12. The van der Waals surface area contributed by atoms with Crippen LogP contribution in [0.25, 0.3) is 11.5 Å². The van der Waals surface area contributed by atoms with Gasteiger partial charge < -0.3 is 9.52 Å².